The Morgan fingerprint density at radius 2 is 1.59 bits per heavy atom. The first-order valence-corrected chi connectivity index (χ1v) is 13.7. The van der Waals surface area contributed by atoms with Gasteiger partial charge in [-0.1, -0.05) is 49.6 Å². The van der Waals surface area contributed by atoms with E-state index in [2.05, 4.69) is 26.1 Å². The molecule has 1 saturated carbocycles. The molecule has 1 saturated heterocycles. The fraction of sp³-hybridized carbons (Fsp3) is 0.440. The number of piperidine rings is 1. The number of aromatic nitrogens is 3. The van der Waals surface area contributed by atoms with E-state index in [1.807, 2.05) is 36.4 Å². The quantitative estimate of drug-likeness (QED) is 0.394. The Kier molecular flexibility index (Phi) is 6.82. The number of pyridine rings is 1. The van der Waals surface area contributed by atoms with Crippen molar-refractivity contribution in [3.05, 3.63) is 48.5 Å². The Labute approximate surface area is 200 Å². The number of benzene rings is 1. The predicted molar refractivity (Wildman–Crippen MR) is 135 cm³/mol. The smallest absolute Gasteiger partial charge is 0.181 e. The highest BCUT2D eigenvalue weighted by Crippen LogP contribution is 2.29. The Hall–Kier alpha value is -2.91. The predicted octanol–water partition coefficient (Wildman–Crippen LogP) is 4.49. The molecule has 0 spiro atoms. The van der Waals surface area contributed by atoms with Crippen LogP contribution in [0, 0.1) is 0 Å². The molecule has 0 bridgehead atoms. The van der Waals surface area contributed by atoms with Gasteiger partial charge in [0.25, 0.3) is 0 Å². The number of aromatic amines is 1. The highest BCUT2D eigenvalue weighted by Gasteiger charge is 2.30. The van der Waals surface area contributed by atoms with E-state index in [9.17, 15) is 8.42 Å². The second kappa shape index (κ2) is 10.1. The number of hydrogen-bond donors (Lipinski definition) is 4. The van der Waals surface area contributed by atoms with Crippen LogP contribution < -0.4 is 16.0 Å². The van der Waals surface area contributed by atoms with Gasteiger partial charge >= 0.3 is 0 Å². The van der Waals surface area contributed by atoms with Gasteiger partial charge in [-0.3, -0.25) is 5.10 Å². The number of H-pyrrole nitrogens is 1. The normalized spacial score (nSPS) is 18.0. The SMILES string of the molecule is O=S(=O)(c1cc(Nc2cc(-c3ccccc3)[nH]n2)nc(NC2CCCCC2)c1)C1CCNCC1. The first-order valence-electron chi connectivity index (χ1n) is 12.2. The van der Waals surface area contributed by atoms with Crippen LogP contribution in [0.5, 0.6) is 0 Å². The van der Waals surface area contributed by atoms with E-state index in [1.165, 1.54) is 19.3 Å². The minimum absolute atomic E-state index is 0.314. The van der Waals surface area contributed by atoms with Gasteiger partial charge in [0.05, 0.1) is 15.8 Å². The lowest BCUT2D eigenvalue weighted by atomic mass is 9.95. The third-order valence-corrected chi connectivity index (χ3v) is 8.97. The molecule has 1 aliphatic heterocycles. The number of nitrogens with zero attached hydrogens (tertiary/aromatic N) is 2. The zero-order valence-electron chi connectivity index (χ0n) is 19.3. The van der Waals surface area contributed by atoms with E-state index >= 15 is 0 Å². The number of sulfone groups is 1. The largest absolute Gasteiger partial charge is 0.367 e. The minimum atomic E-state index is -3.47. The lowest BCUT2D eigenvalue weighted by molar-refractivity contribution is 0.462. The van der Waals surface area contributed by atoms with Gasteiger partial charge in [0.2, 0.25) is 0 Å². The van der Waals surface area contributed by atoms with Crippen LogP contribution >= 0.6 is 0 Å². The maximum Gasteiger partial charge on any atom is 0.181 e. The van der Waals surface area contributed by atoms with Crippen molar-refractivity contribution in [3.8, 4) is 11.3 Å². The van der Waals surface area contributed by atoms with E-state index < -0.39 is 9.84 Å². The second-order valence-electron chi connectivity index (χ2n) is 9.20. The number of rotatable bonds is 7. The van der Waals surface area contributed by atoms with Gasteiger partial charge < -0.3 is 16.0 Å². The molecule has 5 rings (SSSR count). The summed E-state index contributed by atoms with van der Waals surface area (Å²) in [6.45, 7) is 1.45. The topological polar surface area (TPSA) is 112 Å². The lowest BCUT2D eigenvalue weighted by Gasteiger charge is -2.25. The molecule has 2 aromatic heterocycles. The molecule has 0 atom stereocenters. The van der Waals surface area contributed by atoms with Gasteiger partial charge in [0.1, 0.15) is 11.6 Å². The summed E-state index contributed by atoms with van der Waals surface area (Å²) in [6.07, 6.45) is 7.03. The number of nitrogens with one attached hydrogen (secondary N) is 4. The van der Waals surface area contributed by atoms with Crippen molar-refractivity contribution in [2.24, 2.45) is 0 Å². The fourth-order valence-corrected chi connectivity index (χ4v) is 6.64. The summed E-state index contributed by atoms with van der Waals surface area (Å²) in [5.74, 6) is 1.66. The highest BCUT2D eigenvalue weighted by molar-refractivity contribution is 7.92. The van der Waals surface area contributed by atoms with E-state index in [4.69, 9.17) is 4.98 Å². The van der Waals surface area contributed by atoms with Crippen LogP contribution in [0.15, 0.2) is 53.4 Å². The molecule has 180 valence electrons. The Bertz CT molecular complexity index is 1200. The van der Waals surface area contributed by atoms with E-state index in [0.717, 1.165) is 37.2 Å². The van der Waals surface area contributed by atoms with E-state index in [0.29, 0.717) is 41.2 Å². The molecule has 0 amide bonds. The van der Waals surface area contributed by atoms with Crippen molar-refractivity contribution >= 4 is 27.3 Å². The highest BCUT2D eigenvalue weighted by atomic mass is 32.2. The lowest BCUT2D eigenvalue weighted by Crippen LogP contribution is -2.35. The van der Waals surface area contributed by atoms with Crippen LogP contribution in [0.2, 0.25) is 0 Å². The van der Waals surface area contributed by atoms with Crippen molar-refractivity contribution in [3.63, 3.8) is 0 Å². The summed E-state index contributed by atoms with van der Waals surface area (Å²) in [5.41, 5.74) is 1.90. The zero-order valence-corrected chi connectivity index (χ0v) is 20.1. The minimum Gasteiger partial charge on any atom is -0.367 e. The van der Waals surface area contributed by atoms with Crippen LogP contribution in [-0.4, -0.2) is 48.0 Å². The molecular weight excluding hydrogens is 448 g/mol. The molecule has 1 aromatic carbocycles. The van der Waals surface area contributed by atoms with Crippen molar-refractivity contribution in [2.75, 3.05) is 23.7 Å². The summed E-state index contributed by atoms with van der Waals surface area (Å²) in [7, 11) is -3.47. The van der Waals surface area contributed by atoms with E-state index in [-0.39, 0.29) is 5.25 Å². The standard InChI is InChI=1S/C25H32N6O2S/c32-34(33,20-11-13-26-14-12-20)21-15-23(27-19-9-5-2-6-10-19)28-24(16-21)29-25-17-22(30-31-25)18-7-3-1-4-8-18/h1,3-4,7-8,15-17,19-20,26H,2,5-6,9-14H2,(H3,27,28,29,30,31). The molecule has 8 nitrogen and oxygen atoms in total. The first-order chi connectivity index (χ1) is 16.6. The second-order valence-corrected chi connectivity index (χ2v) is 11.4. The summed E-state index contributed by atoms with van der Waals surface area (Å²) >= 11 is 0. The van der Waals surface area contributed by atoms with Crippen molar-refractivity contribution in [1.29, 1.82) is 0 Å². The molecule has 3 aromatic rings. The third kappa shape index (κ3) is 5.26. The summed E-state index contributed by atoms with van der Waals surface area (Å²) in [6, 6.07) is 15.5. The molecule has 0 unspecified atom stereocenters. The molecule has 3 heterocycles. The van der Waals surface area contributed by atoms with Gasteiger partial charge in [0, 0.05) is 12.1 Å². The van der Waals surface area contributed by atoms with Crippen LogP contribution in [0.3, 0.4) is 0 Å². The average molecular weight is 481 g/mol. The molecule has 0 radical (unpaired) electrons. The van der Waals surface area contributed by atoms with Crippen molar-refractivity contribution in [1.82, 2.24) is 20.5 Å². The average Bonchev–Trinajstić information content (AvgIpc) is 3.34. The molecular formula is C25H32N6O2S. The molecule has 34 heavy (non-hydrogen) atoms. The van der Waals surface area contributed by atoms with Gasteiger partial charge in [-0.15, -0.1) is 0 Å². The fourth-order valence-electron chi connectivity index (χ4n) is 4.84. The number of hydrogen-bond acceptors (Lipinski definition) is 7. The molecule has 2 fully saturated rings. The Morgan fingerprint density at radius 1 is 0.853 bits per heavy atom. The van der Waals surface area contributed by atoms with E-state index in [1.54, 1.807) is 12.1 Å². The Balaban J connectivity index is 1.44. The van der Waals surface area contributed by atoms with Crippen LogP contribution in [0.25, 0.3) is 11.3 Å². The summed E-state index contributed by atoms with van der Waals surface area (Å²) in [4.78, 5) is 5.02. The van der Waals surface area contributed by atoms with Crippen molar-refractivity contribution < 1.29 is 8.42 Å². The number of anilines is 3. The van der Waals surface area contributed by atoms with Crippen molar-refractivity contribution in [2.45, 2.75) is 61.1 Å². The van der Waals surface area contributed by atoms with Gasteiger partial charge in [-0.05, 0) is 56.5 Å². The maximum absolute atomic E-state index is 13.5. The third-order valence-electron chi connectivity index (χ3n) is 6.73. The first kappa shape index (κ1) is 22.9. The molecule has 2 aliphatic rings. The van der Waals surface area contributed by atoms with Crippen LogP contribution in [-0.2, 0) is 9.84 Å². The summed E-state index contributed by atoms with van der Waals surface area (Å²) < 4.78 is 27.0. The van der Waals surface area contributed by atoms with Gasteiger partial charge in [0.15, 0.2) is 15.7 Å². The Morgan fingerprint density at radius 3 is 2.35 bits per heavy atom. The maximum atomic E-state index is 13.5. The zero-order chi connectivity index (χ0) is 23.4. The van der Waals surface area contributed by atoms with Gasteiger partial charge in [-0.25, -0.2) is 13.4 Å². The molecule has 4 N–H and O–H groups in total. The summed E-state index contributed by atoms with van der Waals surface area (Å²) in [5, 5.41) is 17.0. The van der Waals surface area contributed by atoms with Gasteiger partial charge in [-0.2, -0.15) is 5.10 Å². The molecule has 9 heteroatoms. The van der Waals surface area contributed by atoms with Crippen LogP contribution in [0.1, 0.15) is 44.9 Å². The molecule has 1 aliphatic carbocycles. The monoisotopic (exact) mass is 480 g/mol. The van der Waals surface area contributed by atoms with Crippen LogP contribution in [0.4, 0.5) is 17.5 Å².